The smallest absolute Gasteiger partial charge is 0.156 e. The Bertz CT molecular complexity index is 616. The molecule has 0 aromatic carbocycles. The molecule has 0 spiro atoms. The van der Waals surface area contributed by atoms with Crippen LogP contribution in [0.25, 0.3) is 0 Å². The van der Waals surface area contributed by atoms with Crippen LogP contribution in [-0.2, 0) is 6.54 Å². The molecule has 0 aliphatic heterocycles. The van der Waals surface area contributed by atoms with Gasteiger partial charge in [0.2, 0.25) is 0 Å². The number of nitrogens with one attached hydrogen (secondary N) is 1. The van der Waals surface area contributed by atoms with Gasteiger partial charge in [-0.2, -0.15) is 0 Å². The van der Waals surface area contributed by atoms with Crippen LogP contribution in [0.3, 0.4) is 0 Å². The Balaban J connectivity index is 2.25. The molecule has 2 rings (SSSR count). The molecule has 5 nitrogen and oxygen atoms in total. The fraction of sp³-hybridized carbons (Fsp3) is 0.231. The fourth-order valence-corrected chi connectivity index (χ4v) is 1.90. The number of aromatic nitrogens is 3. The molecule has 6 heteroatoms. The van der Waals surface area contributed by atoms with Gasteiger partial charge in [0.05, 0.1) is 5.56 Å². The predicted molar refractivity (Wildman–Crippen MR) is 73.5 cm³/mol. The van der Waals surface area contributed by atoms with Crippen molar-refractivity contribution < 1.29 is 4.79 Å². The van der Waals surface area contributed by atoms with Crippen molar-refractivity contribution in [1.82, 2.24) is 15.0 Å². The van der Waals surface area contributed by atoms with Crippen molar-refractivity contribution in [2.24, 2.45) is 0 Å². The number of rotatable bonds is 4. The largest absolute Gasteiger partial charge is 0.365 e. The number of anilines is 1. The third-order valence-electron chi connectivity index (χ3n) is 2.72. The Kier molecular flexibility index (Phi) is 4.06. The Morgan fingerprint density at radius 2 is 2.16 bits per heavy atom. The lowest BCUT2D eigenvalue weighted by molar-refractivity contribution is 0.112. The first-order valence-corrected chi connectivity index (χ1v) is 6.12. The van der Waals surface area contributed by atoms with Gasteiger partial charge in [-0.1, -0.05) is 11.6 Å². The van der Waals surface area contributed by atoms with Gasteiger partial charge in [-0.3, -0.25) is 9.78 Å². The molecule has 0 aliphatic carbocycles. The van der Waals surface area contributed by atoms with E-state index in [9.17, 15) is 4.79 Å². The Morgan fingerprint density at radius 1 is 1.37 bits per heavy atom. The van der Waals surface area contributed by atoms with Gasteiger partial charge in [0.15, 0.2) is 6.29 Å². The molecule has 0 saturated heterocycles. The van der Waals surface area contributed by atoms with Crippen molar-refractivity contribution in [2.75, 3.05) is 5.32 Å². The molecule has 0 aliphatic rings. The number of hydrogen-bond donors (Lipinski definition) is 1. The van der Waals surface area contributed by atoms with Gasteiger partial charge in [0.1, 0.15) is 16.8 Å². The number of carbonyl (C=O) groups excluding carboxylic acids is 1. The minimum absolute atomic E-state index is 0.160. The monoisotopic (exact) mass is 276 g/mol. The van der Waals surface area contributed by atoms with Gasteiger partial charge < -0.3 is 5.32 Å². The molecule has 0 radical (unpaired) electrons. The minimum atomic E-state index is 0.160. The van der Waals surface area contributed by atoms with Gasteiger partial charge >= 0.3 is 0 Å². The summed E-state index contributed by atoms with van der Waals surface area (Å²) < 4.78 is 0. The number of pyridine rings is 1. The van der Waals surface area contributed by atoms with Gasteiger partial charge in [-0.15, -0.1) is 0 Å². The first-order valence-electron chi connectivity index (χ1n) is 5.74. The lowest BCUT2D eigenvalue weighted by Crippen LogP contribution is -2.08. The van der Waals surface area contributed by atoms with Crippen LogP contribution in [0.4, 0.5) is 5.82 Å². The van der Waals surface area contributed by atoms with E-state index in [4.69, 9.17) is 11.6 Å². The van der Waals surface area contributed by atoms with E-state index in [0.29, 0.717) is 24.5 Å². The predicted octanol–water partition coefficient (Wildman–Crippen LogP) is 2.57. The van der Waals surface area contributed by atoms with Crippen LogP contribution in [0.15, 0.2) is 18.5 Å². The Labute approximate surface area is 116 Å². The fourth-order valence-electron chi connectivity index (χ4n) is 1.65. The average molecular weight is 277 g/mol. The quantitative estimate of drug-likeness (QED) is 0.687. The maximum Gasteiger partial charge on any atom is 0.156 e. The number of halogens is 1. The van der Waals surface area contributed by atoms with E-state index in [1.807, 2.05) is 13.0 Å². The van der Waals surface area contributed by atoms with E-state index < -0.39 is 0 Å². The molecule has 0 atom stereocenters. The summed E-state index contributed by atoms with van der Waals surface area (Å²) in [6.07, 6.45) is 4.17. The highest BCUT2D eigenvalue weighted by molar-refractivity contribution is 6.32. The maximum absolute atomic E-state index is 11.0. The summed E-state index contributed by atoms with van der Waals surface area (Å²) in [5.41, 5.74) is 2.42. The van der Waals surface area contributed by atoms with Crippen LogP contribution < -0.4 is 5.32 Å². The maximum atomic E-state index is 11.0. The SMILES string of the molecule is Cc1nc(Cl)c(C=O)c(NCc2cnccc2C)n1. The lowest BCUT2D eigenvalue weighted by atomic mass is 10.1. The Morgan fingerprint density at radius 3 is 2.84 bits per heavy atom. The van der Waals surface area contributed by atoms with Crippen molar-refractivity contribution in [3.63, 3.8) is 0 Å². The summed E-state index contributed by atoms with van der Waals surface area (Å²) in [4.78, 5) is 23.2. The van der Waals surface area contributed by atoms with Crippen LogP contribution in [0.5, 0.6) is 0 Å². The summed E-state index contributed by atoms with van der Waals surface area (Å²) >= 11 is 5.91. The first-order chi connectivity index (χ1) is 9.11. The van der Waals surface area contributed by atoms with E-state index in [2.05, 4.69) is 20.3 Å². The zero-order valence-corrected chi connectivity index (χ0v) is 11.4. The first kappa shape index (κ1) is 13.4. The second-order valence-corrected chi connectivity index (χ2v) is 4.46. The second-order valence-electron chi connectivity index (χ2n) is 4.10. The van der Waals surface area contributed by atoms with Crippen LogP contribution in [0.1, 0.15) is 27.3 Å². The van der Waals surface area contributed by atoms with E-state index in [1.54, 1.807) is 19.3 Å². The Hall–Kier alpha value is -2.01. The molecule has 98 valence electrons. The van der Waals surface area contributed by atoms with Gasteiger partial charge in [-0.25, -0.2) is 9.97 Å². The highest BCUT2D eigenvalue weighted by Crippen LogP contribution is 2.19. The molecule has 19 heavy (non-hydrogen) atoms. The molecular weight excluding hydrogens is 264 g/mol. The number of nitrogens with zero attached hydrogens (tertiary/aromatic N) is 3. The second kappa shape index (κ2) is 5.75. The summed E-state index contributed by atoms with van der Waals surface area (Å²) in [5.74, 6) is 0.955. The van der Waals surface area contributed by atoms with Crippen molar-refractivity contribution in [1.29, 1.82) is 0 Å². The van der Waals surface area contributed by atoms with Gasteiger partial charge in [-0.05, 0) is 31.0 Å². The molecule has 2 aromatic heterocycles. The highest BCUT2D eigenvalue weighted by atomic mass is 35.5. The zero-order chi connectivity index (χ0) is 13.8. The standard InChI is InChI=1S/C13H13ClN4O/c1-8-3-4-15-5-10(8)6-16-13-11(7-19)12(14)17-9(2)18-13/h3-5,7H,6H2,1-2H3,(H,16,17,18). The van der Waals surface area contributed by atoms with Crippen LogP contribution >= 0.6 is 11.6 Å². The molecule has 0 amide bonds. The normalized spacial score (nSPS) is 10.3. The summed E-state index contributed by atoms with van der Waals surface area (Å²) in [7, 11) is 0. The third-order valence-corrected chi connectivity index (χ3v) is 3.01. The molecular formula is C13H13ClN4O. The van der Waals surface area contributed by atoms with E-state index in [1.165, 1.54) is 0 Å². The summed E-state index contributed by atoms with van der Waals surface area (Å²) in [6.45, 7) is 4.24. The number of aldehydes is 1. The van der Waals surface area contributed by atoms with Crippen LogP contribution in [0, 0.1) is 13.8 Å². The van der Waals surface area contributed by atoms with Crippen molar-refractivity contribution >= 4 is 23.7 Å². The zero-order valence-electron chi connectivity index (χ0n) is 10.6. The molecule has 2 aromatic rings. The van der Waals surface area contributed by atoms with Gasteiger partial charge in [0, 0.05) is 18.9 Å². The lowest BCUT2D eigenvalue weighted by Gasteiger charge is -2.10. The number of carbonyl (C=O) groups is 1. The molecule has 1 N–H and O–H groups in total. The minimum Gasteiger partial charge on any atom is -0.365 e. The molecule has 0 unspecified atom stereocenters. The third kappa shape index (κ3) is 3.06. The van der Waals surface area contributed by atoms with Gasteiger partial charge in [0.25, 0.3) is 0 Å². The topological polar surface area (TPSA) is 67.8 Å². The van der Waals surface area contributed by atoms with E-state index >= 15 is 0 Å². The van der Waals surface area contributed by atoms with Crippen molar-refractivity contribution in [3.05, 3.63) is 46.1 Å². The molecule has 0 bridgehead atoms. The number of aryl methyl sites for hydroxylation is 2. The van der Waals surface area contributed by atoms with Crippen LogP contribution in [-0.4, -0.2) is 21.2 Å². The molecule has 2 heterocycles. The van der Waals surface area contributed by atoms with Crippen molar-refractivity contribution in [3.8, 4) is 0 Å². The summed E-state index contributed by atoms with van der Waals surface area (Å²) in [5, 5.41) is 3.26. The molecule has 0 saturated carbocycles. The summed E-state index contributed by atoms with van der Waals surface area (Å²) in [6, 6.07) is 1.93. The molecule has 0 fully saturated rings. The van der Waals surface area contributed by atoms with E-state index in [0.717, 1.165) is 11.1 Å². The number of hydrogen-bond acceptors (Lipinski definition) is 5. The van der Waals surface area contributed by atoms with E-state index in [-0.39, 0.29) is 10.7 Å². The highest BCUT2D eigenvalue weighted by Gasteiger charge is 2.11. The van der Waals surface area contributed by atoms with Crippen molar-refractivity contribution in [2.45, 2.75) is 20.4 Å². The average Bonchev–Trinajstić information content (AvgIpc) is 2.37. The van der Waals surface area contributed by atoms with Crippen LogP contribution in [0.2, 0.25) is 5.15 Å².